The summed E-state index contributed by atoms with van der Waals surface area (Å²) in [4.78, 5) is 26.1. The molecular formula is C22H23N3O4S. The first-order valence-corrected chi connectivity index (χ1v) is 11.1. The second-order valence-electron chi connectivity index (χ2n) is 7.86. The van der Waals surface area contributed by atoms with E-state index in [4.69, 9.17) is 0 Å². The first-order valence-electron chi connectivity index (χ1n) is 9.62. The van der Waals surface area contributed by atoms with Gasteiger partial charge in [0.1, 0.15) is 5.56 Å². The van der Waals surface area contributed by atoms with Crippen molar-refractivity contribution in [2.75, 3.05) is 19.4 Å². The summed E-state index contributed by atoms with van der Waals surface area (Å²) in [5.41, 5.74) is 2.73. The van der Waals surface area contributed by atoms with Crippen molar-refractivity contribution in [2.24, 2.45) is 0 Å². The minimum absolute atomic E-state index is 0.0358. The van der Waals surface area contributed by atoms with Crippen LogP contribution >= 0.6 is 0 Å². The van der Waals surface area contributed by atoms with Crippen LogP contribution < -0.4 is 10.7 Å². The number of aryl methyl sites for hydroxylation is 1. The quantitative estimate of drug-likeness (QED) is 0.696. The minimum Gasteiger partial charge on any atom is -0.343 e. The van der Waals surface area contributed by atoms with Gasteiger partial charge in [-0.25, -0.2) is 12.7 Å². The van der Waals surface area contributed by atoms with Crippen LogP contribution in [0.1, 0.15) is 34.5 Å². The second-order valence-corrected chi connectivity index (χ2v) is 10.0. The van der Waals surface area contributed by atoms with Gasteiger partial charge in [-0.05, 0) is 49.6 Å². The SMILES string of the molecule is Cc1ccc(S(=O)(=O)N(C)C)cc1NC(=O)c1cn2c3c(cccc3c1=O)CC2C. The third kappa shape index (κ3) is 3.12. The van der Waals surface area contributed by atoms with Crippen molar-refractivity contribution >= 4 is 32.5 Å². The zero-order chi connectivity index (χ0) is 21.8. The molecule has 4 rings (SSSR count). The lowest BCUT2D eigenvalue weighted by Crippen LogP contribution is -2.25. The summed E-state index contributed by atoms with van der Waals surface area (Å²) in [6.07, 6.45) is 2.42. The van der Waals surface area contributed by atoms with Gasteiger partial charge in [-0.2, -0.15) is 0 Å². The maximum Gasteiger partial charge on any atom is 0.261 e. The zero-order valence-corrected chi connectivity index (χ0v) is 18.1. The molecule has 1 aromatic heterocycles. The van der Waals surface area contributed by atoms with Crippen LogP contribution in [0.5, 0.6) is 0 Å². The fourth-order valence-electron chi connectivity index (χ4n) is 3.87. The number of carbonyl (C=O) groups is 1. The normalized spacial score (nSPS) is 15.7. The van der Waals surface area contributed by atoms with Gasteiger partial charge in [-0.3, -0.25) is 9.59 Å². The Labute approximate surface area is 175 Å². The molecule has 0 fully saturated rings. The molecule has 2 aromatic carbocycles. The molecule has 1 aliphatic heterocycles. The Morgan fingerprint density at radius 2 is 1.93 bits per heavy atom. The van der Waals surface area contributed by atoms with Gasteiger partial charge < -0.3 is 9.88 Å². The lowest BCUT2D eigenvalue weighted by Gasteiger charge is -2.15. The Morgan fingerprint density at radius 1 is 1.20 bits per heavy atom. The Hall–Kier alpha value is -2.97. The van der Waals surface area contributed by atoms with Gasteiger partial charge in [0, 0.05) is 37.4 Å². The first kappa shape index (κ1) is 20.3. The van der Waals surface area contributed by atoms with Crippen LogP contribution in [0.15, 0.2) is 52.3 Å². The number of sulfonamides is 1. The highest BCUT2D eigenvalue weighted by atomic mass is 32.2. The molecule has 0 radical (unpaired) electrons. The molecule has 0 aliphatic carbocycles. The number of nitrogens with one attached hydrogen (secondary N) is 1. The highest BCUT2D eigenvalue weighted by Crippen LogP contribution is 2.31. The van der Waals surface area contributed by atoms with Gasteiger partial charge in [-0.15, -0.1) is 0 Å². The molecule has 1 N–H and O–H groups in total. The molecule has 156 valence electrons. The largest absolute Gasteiger partial charge is 0.343 e. The van der Waals surface area contributed by atoms with Crippen molar-refractivity contribution in [1.29, 1.82) is 0 Å². The van der Waals surface area contributed by atoms with Crippen molar-refractivity contribution in [1.82, 2.24) is 8.87 Å². The molecule has 0 saturated carbocycles. The summed E-state index contributed by atoms with van der Waals surface area (Å²) in [7, 11) is -0.756. The van der Waals surface area contributed by atoms with E-state index in [0.717, 1.165) is 21.8 Å². The van der Waals surface area contributed by atoms with Crippen LogP contribution in [0.2, 0.25) is 0 Å². The number of pyridine rings is 1. The number of nitrogens with zero attached hydrogens (tertiary/aromatic N) is 2. The molecular weight excluding hydrogens is 402 g/mol. The molecule has 30 heavy (non-hydrogen) atoms. The lowest BCUT2D eigenvalue weighted by molar-refractivity contribution is 0.102. The lowest BCUT2D eigenvalue weighted by atomic mass is 10.1. The van der Waals surface area contributed by atoms with Gasteiger partial charge in [0.15, 0.2) is 0 Å². The molecule has 2 heterocycles. The number of benzene rings is 2. The molecule has 8 heteroatoms. The molecule has 1 amide bonds. The van der Waals surface area contributed by atoms with Gasteiger partial charge >= 0.3 is 0 Å². The average molecular weight is 426 g/mol. The Balaban J connectivity index is 1.77. The summed E-state index contributed by atoms with van der Waals surface area (Å²) in [6, 6.07) is 10.3. The minimum atomic E-state index is -3.65. The molecule has 1 atom stereocenters. The van der Waals surface area contributed by atoms with E-state index in [2.05, 4.69) is 5.32 Å². The first-order chi connectivity index (χ1) is 14.1. The Bertz CT molecular complexity index is 1360. The van der Waals surface area contributed by atoms with Crippen LogP contribution in [0.4, 0.5) is 5.69 Å². The summed E-state index contributed by atoms with van der Waals surface area (Å²) in [6.45, 7) is 3.81. The maximum absolute atomic E-state index is 13.0. The predicted octanol–water partition coefficient (Wildman–Crippen LogP) is 2.93. The number of carbonyl (C=O) groups excluding carboxylic acids is 1. The van der Waals surface area contributed by atoms with E-state index in [1.54, 1.807) is 25.3 Å². The van der Waals surface area contributed by atoms with E-state index in [9.17, 15) is 18.0 Å². The van der Waals surface area contributed by atoms with Gasteiger partial charge in [0.2, 0.25) is 15.5 Å². The molecule has 1 aliphatic rings. The number of hydrogen-bond acceptors (Lipinski definition) is 4. The third-order valence-corrected chi connectivity index (χ3v) is 7.42. The van der Waals surface area contributed by atoms with E-state index < -0.39 is 15.9 Å². The summed E-state index contributed by atoms with van der Waals surface area (Å²) < 4.78 is 28.0. The maximum atomic E-state index is 13.0. The Kier molecular flexibility index (Phi) is 4.79. The van der Waals surface area contributed by atoms with E-state index in [1.807, 2.05) is 23.6 Å². The number of rotatable bonds is 4. The molecule has 0 saturated heterocycles. The fourth-order valence-corrected chi connectivity index (χ4v) is 4.80. The molecule has 0 spiro atoms. The number of aromatic nitrogens is 1. The number of hydrogen-bond donors (Lipinski definition) is 1. The van der Waals surface area contributed by atoms with E-state index in [-0.39, 0.29) is 21.9 Å². The van der Waals surface area contributed by atoms with Gasteiger partial charge in [-0.1, -0.05) is 18.2 Å². The molecule has 7 nitrogen and oxygen atoms in total. The molecule has 1 unspecified atom stereocenters. The van der Waals surface area contributed by atoms with Gasteiger partial charge in [0.25, 0.3) is 5.91 Å². The highest BCUT2D eigenvalue weighted by molar-refractivity contribution is 7.89. The van der Waals surface area contributed by atoms with Crippen molar-refractivity contribution in [3.05, 3.63) is 69.5 Å². The summed E-state index contributed by atoms with van der Waals surface area (Å²) in [5.74, 6) is -0.558. The Morgan fingerprint density at radius 3 is 2.63 bits per heavy atom. The van der Waals surface area contributed by atoms with E-state index >= 15 is 0 Å². The van der Waals surface area contributed by atoms with E-state index in [0.29, 0.717) is 16.6 Å². The van der Waals surface area contributed by atoms with Crippen LogP contribution in [0, 0.1) is 6.92 Å². The van der Waals surface area contributed by atoms with Crippen LogP contribution in [-0.2, 0) is 16.4 Å². The summed E-state index contributed by atoms with van der Waals surface area (Å²) in [5, 5.41) is 3.25. The highest BCUT2D eigenvalue weighted by Gasteiger charge is 2.25. The number of anilines is 1. The van der Waals surface area contributed by atoms with Gasteiger partial charge in [0.05, 0.1) is 10.4 Å². The summed E-state index contributed by atoms with van der Waals surface area (Å²) >= 11 is 0. The number of amides is 1. The van der Waals surface area contributed by atoms with Crippen molar-refractivity contribution in [2.45, 2.75) is 31.2 Å². The third-order valence-electron chi connectivity index (χ3n) is 5.61. The molecule has 0 bridgehead atoms. The van der Waals surface area contributed by atoms with Crippen LogP contribution in [-0.4, -0.2) is 37.3 Å². The second kappa shape index (κ2) is 7.07. The standard InChI is InChI=1S/C22H23N3O4S/c1-13-8-9-16(30(28,29)24(3)4)11-19(13)23-22(27)18-12-25-14(2)10-15-6-5-7-17(20(15)25)21(18)26/h5-9,11-12,14H,10H2,1-4H3,(H,23,27). The van der Waals surface area contributed by atoms with Crippen LogP contribution in [0.25, 0.3) is 10.9 Å². The number of para-hydroxylation sites is 1. The van der Waals surface area contributed by atoms with Crippen molar-refractivity contribution in [3.63, 3.8) is 0 Å². The van der Waals surface area contributed by atoms with E-state index in [1.165, 1.54) is 26.2 Å². The zero-order valence-electron chi connectivity index (χ0n) is 17.3. The predicted molar refractivity (Wildman–Crippen MR) is 117 cm³/mol. The average Bonchev–Trinajstić information content (AvgIpc) is 3.02. The van der Waals surface area contributed by atoms with Crippen molar-refractivity contribution in [3.8, 4) is 0 Å². The molecule has 3 aromatic rings. The monoisotopic (exact) mass is 425 g/mol. The van der Waals surface area contributed by atoms with Crippen molar-refractivity contribution < 1.29 is 13.2 Å². The smallest absolute Gasteiger partial charge is 0.261 e. The topological polar surface area (TPSA) is 88.5 Å². The van der Waals surface area contributed by atoms with Crippen LogP contribution in [0.3, 0.4) is 0 Å². The fraction of sp³-hybridized carbons (Fsp3) is 0.273.